The highest BCUT2D eigenvalue weighted by Crippen LogP contribution is 2.25. The Morgan fingerprint density at radius 2 is 1.84 bits per heavy atom. The molecule has 1 amide bonds. The fourth-order valence-corrected chi connectivity index (χ4v) is 4.42. The lowest BCUT2D eigenvalue weighted by Crippen LogP contribution is -2.23. The predicted molar refractivity (Wildman–Crippen MR) is 123 cm³/mol. The topological polar surface area (TPSA) is 106 Å². The molecule has 2 aromatic carbocycles. The molecule has 0 aliphatic carbocycles. The summed E-state index contributed by atoms with van der Waals surface area (Å²) in [6.45, 7) is 1.56. The largest absolute Gasteiger partial charge is 0.452 e. The monoisotopic (exact) mass is 473 g/mol. The van der Waals surface area contributed by atoms with Crippen molar-refractivity contribution in [2.75, 3.05) is 26.0 Å². The van der Waals surface area contributed by atoms with Gasteiger partial charge in [0.05, 0.1) is 16.2 Å². The Morgan fingerprint density at radius 1 is 1.12 bits per heavy atom. The number of esters is 1. The van der Waals surface area contributed by atoms with Crippen LogP contribution in [0.2, 0.25) is 0 Å². The van der Waals surface area contributed by atoms with Gasteiger partial charge in [-0.2, -0.15) is 0 Å². The van der Waals surface area contributed by atoms with Gasteiger partial charge in [-0.1, -0.05) is 37.3 Å². The molecule has 3 aromatic rings. The van der Waals surface area contributed by atoms with E-state index in [0.29, 0.717) is 5.13 Å². The van der Waals surface area contributed by atoms with Crippen LogP contribution in [-0.2, 0) is 26.0 Å². The number of sulfonamides is 1. The molecule has 0 saturated heterocycles. The number of hydrogen-bond acceptors (Lipinski definition) is 7. The SMILES string of the molecule is CCc1ccc(-c2csc(NC(=O)COC(=O)c3cccc(S(=O)(=O)N(C)C)c3)n2)cc1. The minimum absolute atomic E-state index is 0.0350. The second-order valence-electron chi connectivity index (χ2n) is 7.03. The van der Waals surface area contributed by atoms with E-state index in [2.05, 4.69) is 17.2 Å². The number of carbonyl (C=O) groups is 2. The Hall–Kier alpha value is -3.08. The quantitative estimate of drug-likeness (QED) is 0.503. The lowest BCUT2D eigenvalue weighted by atomic mass is 10.1. The number of thiazole rings is 1. The summed E-state index contributed by atoms with van der Waals surface area (Å²) in [5.41, 5.74) is 2.94. The third-order valence-electron chi connectivity index (χ3n) is 4.59. The van der Waals surface area contributed by atoms with Crippen molar-refractivity contribution in [1.82, 2.24) is 9.29 Å². The summed E-state index contributed by atoms with van der Waals surface area (Å²) in [6.07, 6.45) is 0.952. The second kappa shape index (κ2) is 10.0. The van der Waals surface area contributed by atoms with Crippen molar-refractivity contribution in [2.45, 2.75) is 18.2 Å². The third kappa shape index (κ3) is 5.58. The predicted octanol–water partition coefficient (Wildman–Crippen LogP) is 3.42. The number of carbonyl (C=O) groups excluding carboxylic acids is 2. The zero-order valence-corrected chi connectivity index (χ0v) is 19.5. The first-order chi connectivity index (χ1) is 15.2. The highest BCUT2D eigenvalue weighted by molar-refractivity contribution is 7.89. The van der Waals surface area contributed by atoms with Crippen molar-refractivity contribution in [1.29, 1.82) is 0 Å². The molecule has 0 aliphatic heterocycles. The van der Waals surface area contributed by atoms with Gasteiger partial charge in [0.1, 0.15) is 0 Å². The van der Waals surface area contributed by atoms with Crippen LogP contribution in [0.4, 0.5) is 5.13 Å². The number of amides is 1. The Labute approximate surface area is 190 Å². The lowest BCUT2D eigenvalue weighted by molar-refractivity contribution is -0.119. The van der Waals surface area contributed by atoms with E-state index in [1.807, 2.05) is 29.6 Å². The fourth-order valence-electron chi connectivity index (χ4n) is 2.74. The molecular formula is C22H23N3O5S2. The summed E-state index contributed by atoms with van der Waals surface area (Å²) in [7, 11) is -0.895. The maximum Gasteiger partial charge on any atom is 0.338 e. The van der Waals surface area contributed by atoms with Gasteiger partial charge in [0, 0.05) is 25.0 Å². The van der Waals surface area contributed by atoms with Crippen LogP contribution in [0.15, 0.2) is 58.8 Å². The Bertz CT molecular complexity index is 1220. The van der Waals surface area contributed by atoms with Crippen LogP contribution in [0.1, 0.15) is 22.8 Å². The summed E-state index contributed by atoms with van der Waals surface area (Å²) in [5.74, 6) is -1.34. The van der Waals surface area contributed by atoms with Gasteiger partial charge in [-0.15, -0.1) is 11.3 Å². The van der Waals surface area contributed by atoms with Gasteiger partial charge in [0.2, 0.25) is 10.0 Å². The molecule has 0 radical (unpaired) electrons. The van der Waals surface area contributed by atoms with E-state index in [1.165, 1.54) is 55.3 Å². The summed E-state index contributed by atoms with van der Waals surface area (Å²) < 4.78 is 30.5. The number of benzene rings is 2. The van der Waals surface area contributed by atoms with Gasteiger partial charge in [0.15, 0.2) is 11.7 Å². The van der Waals surface area contributed by atoms with Crippen LogP contribution < -0.4 is 5.32 Å². The second-order valence-corrected chi connectivity index (χ2v) is 10.0. The van der Waals surface area contributed by atoms with E-state index in [9.17, 15) is 18.0 Å². The average Bonchev–Trinajstić information content (AvgIpc) is 3.25. The molecule has 32 heavy (non-hydrogen) atoms. The van der Waals surface area contributed by atoms with E-state index in [-0.39, 0.29) is 10.5 Å². The van der Waals surface area contributed by atoms with Gasteiger partial charge in [0.25, 0.3) is 5.91 Å². The molecule has 168 valence electrons. The molecule has 0 atom stereocenters. The van der Waals surface area contributed by atoms with E-state index < -0.39 is 28.5 Å². The number of aryl methyl sites for hydroxylation is 1. The van der Waals surface area contributed by atoms with Gasteiger partial charge < -0.3 is 4.74 Å². The number of nitrogens with zero attached hydrogens (tertiary/aromatic N) is 2. The number of nitrogens with one attached hydrogen (secondary N) is 1. The number of aromatic nitrogens is 1. The maximum atomic E-state index is 12.3. The van der Waals surface area contributed by atoms with Crippen molar-refractivity contribution in [3.63, 3.8) is 0 Å². The first kappa shape index (κ1) is 23.6. The van der Waals surface area contributed by atoms with Crippen LogP contribution in [-0.4, -0.2) is 50.3 Å². The highest BCUT2D eigenvalue weighted by Gasteiger charge is 2.19. The molecule has 1 aromatic heterocycles. The Kier molecular flexibility index (Phi) is 7.39. The number of ether oxygens (including phenoxy) is 1. The summed E-state index contributed by atoms with van der Waals surface area (Å²) in [6, 6.07) is 13.5. The van der Waals surface area contributed by atoms with E-state index in [0.717, 1.165) is 22.0 Å². The molecule has 0 spiro atoms. The molecule has 3 rings (SSSR count). The van der Waals surface area contributed by atoms with Crippen LogP contribution in [0.3, 0.4) is 0 Å². The molecule has 0 aliphatic rings. The molecule has 0 unspecified atom stereocenters. The highest BCUT2D eigenvalue weighted by atomic mass is 32.2. The molecular weight excluding hydrogens is 450 g/mol. The van der Waals surface area contributed by atoms with Crippen LogP contribution in [0, 0.1) is 0 Å². The first-order valence-corrected chi connectivity index (χ1v) is 12.1. The van der Waals surface area contributed by atoms with Gasteiger partial charge in [-0.05, 0) is 30.2 Å². The van der Waals surface area contributed by atoms with Crippen molar-refractivity contribution in [3.8, 4) is 11.3 Å². The number of anilines is 1. The molecule has 0 fully saturated rings. The average molecular weight is 474 g/mol. The molecule has 1 N–H and O–H groups in total. The number of hydrogen-bond donors (Lipinski definition) is 1. The van der Waals surface area contributed by atoms with Crippen molar-refractivity contribution in [2.24, 2.45) is 0 Å². The van der Waals surface area contributed by atoms with Gasteiger partial charge >= 0.3 is 5.97 Å². The molecule has 1 heterocycles. The minimum Gasteiger partial charge on any atom is -0.452 e. The van der Waals surface area contributed by atoms with Crippen molar-refractivity contribution >= 4 is 38.4 Å². The first-order valence-electron chi connectivity index (χ1n) is 9.75. The Morgan fingerprint density at radius 3 is 2.50 bits per heavy atom. The van der Waals surface area contributed by atoms with Crippen LogP contribution in [0.5, 0.6) is 0 Å². The van der Waals surface area contributed by atoms with Crippen LogP contribution in [0.25, 0.3) is 11.3 Å². The lowest BCUT2D eigenvalue weighted by Gasteiger charge is -2.12. The standard InChI is InChI=1S/C22H23N3O5S2/c1-4-15-8-10-16(11-9-15)19-14-31-22(23-19)24-20(26)13-30-21(27)17-6-5-7-18(12-17)32(28,29)25(2)3/h5-12,14H,4,13H2,1-3H3,(H,23,24,26). The zero-order chi connectivity index (χ0) is 23.3. The maximum absolute atomic E-state index is 12.3. The smallest absolute Gasteiger partial charge is 0.338 e. The normalized spacial score (nSPS) is 11.4. The summed E-state index contributed by atoms with van der Waals surface area (Å²) in [4.78, 5) is 28.8. The molecule has 8 nitrogen and oxygen atoms in total. The minimum atomic E-state index is -3.69. The molecule has 10 heteroatoms. The van der Waals surface area contributed by atoms with Crippen LogP contribution >= 0.6 is 11.3 Å². The number of rotatable bonds is 8. The Balaban J connectivity index is 1.58. The van der Waals surface area contributed by atoms with E-state index in [1.54, 1.807) is 0 Å². The zero-order valence-electron chi connectivity index (χ0n) is 17.9. The summed E-state index contributed by atoms with van der Waals surface area (Å²) >= 11 is 1.27. The summed E-state index contributed by atoms with van der Waals surface area (Å²) in [5, 5.41) is 4.82. The van der Waals surface area contributed by atoms with Gasteiger partial charge in [-0.3, -0.25) is 10.1 Å². The third-order valence-corrected chi connectivity index (χ3v) is 7.16. The van der Waals surface area contributed by atoms with Crippen molar-refractivity contribution in [3.05, 3.63) is 65.0 Å². The van der Waals surface area contributed by atoms with E-state index in [4.69, 9.17) is 4.74 Å². The van der Waals surface area contributed by atoms with Crippen molar-refractivity contribution < 1.29 is 22.7 Å². The molecule has 0 bridgehead atoms. The van der Waals surface area contributed by atoms with E-state index >= 15 is 0 Å². The molecule has 0 saturated carbocycles. The van der Waals surface area contributed by atoms with Gasteiger partial charge in [-0.25, -0.2) is 22.5 Å². The fraction of sp³-hybridized carbons (Fsp3) is 0.227.